The van der Waals surface area contributed by atoms with Crippen LogP contribution in [0.4, 0.5) is 0 Å². The SMILES string of the molecule is COc1ccc(C(CO)N(C)Cc2ccc(-n3cccn3)cc2)cc1. The summed E-state index contributed by atoms with van der Waals surface area (Å²) < 4.78 is 7.03. The van der Waals surface area contributed by atoms with Crippen molar-refractivity contribution in [1.29, 1.82) is 0 Å². The molecule has 0 saturated heterocycles. The summed E-state index contributed by atoms with van der Waals surface area (Å²) in [5.41, 5.74) is 3.29. The summed E-state index contributed by atoms with van der Waals surface area (Å²) >= 11 is 0. The molecular formula is C20H23N3O2. The highest BCUT2D eigenvalue weighted by atomic mass is 16.5. The number of aliphatic hydroxyl groups excluding tert-OH is 1. The molecule has 1 aromatic heterocycles. The quantitative estimate of drug-likeness (QED) is 0.720. The summed E-state index contributed by atoms with van der Waals surface area (Å²) in [4.78, 5) is 2.14. The Hall–Kier alpha value is -2.63. The Kier molecular flexibility index (Phi) is 5.48. The first-order chi connectivity index (χ1) is 12.2. The van der Waals surface area contributed by atoms with Gasteiger partial charge in [0.2, 0.25) is 0 Å². The van der Waals surface area contributed by atoms with Gasteiger partial charge in [0.1, 0.15) is 5.75 Å². The van der Waals surface area contributed by atoms with Crippen molar-refractivity contribution in [1.82, 2.24) is 14.7 Å². The second kappa shape index (κ2) is 7.96. The van der Waals surface area contributed by atoms with Crippen molar-refractivity contribution < 1.29 is 9.84 Å². The molecule has 3 rings (SSSR count). The molecule has 0 spiro atoms. The zero-order valence-electron chi connectivity index (χ0n) is 14.5. The molecule has 5 heteroatoms. The minimum absolute atomic E-state index is 0.0586. The maximum absolute atomic E-state index is 9.84. The van der Waals surface area contributed by atoms with Gasteiger partial charge >= 0.3 is 0 Å². The molecule has 0 fully saturated rings. The third kappa shape index (κ3) is 4.07. The molecule has 3 aromatic rings. The van der Waals surface area contributed by atoms with E-state index in [4.69, 9.17) is 4.74 Å². The molecule has 0 aliphatic rings. The average Bonchev–Trinajstić information content (AvgIpc) is 3.18. The van der Waals surface area contributed by atoms with Crippen LogP contribution in [0.5, 0.6) is 5.75 Å². The number of hydrogen-bond acceptors (Lipinski definition) is 4. The van der Waals surface area contributed by atoms with Crippen LogP contribution in [0.1, 0.15) is 17.2 Å². The minimum atomic E-state index is -0.0586. The maximum Gasteiger partial charge on any atom is 0.118 e. The summed E-state index contributed by atoms with van der Waals surface area (Å²) in [6.07, 6.45) is 3.69. The van der Waals surface area contributed by atoms with E-state index in [0.717, 1.165) is 23.5 Å². The van der Waals surface area contributed by atoms with Crippen LogP contribution < -0.4 is 4.74 Å². The van der Waals surface area contributed by atoms with Crippen LogP contribution in [-0.4, -0.2) is 40.6 Å². The zero-order chi connectivity index (χ0) is 17.6. The maximum atomic E-state index is 9.84. The van der Waals surface area contributed by atoms with Gasteiger partial charge in [-0.25, -0.2) is 4.68 Å². The van der Waals surface area contributed by atoms with Crippen LogP contribution in [0.15, 0.2) is 67.0 Å². The van der Waals surface area contributed by atoms with Gasteiger partial charge in [-0.15, -0.1) is 0 Å². The smallest absolute Gasteiger partial charge is 0.118 e. The third-order valence-electron chi connectivity index (χ3n) is 4.34. The molecule has 0 aliphatic carbocycles. The van der Waals surface area contributed by atoms with E-state index in [9.17, 15) is 5.11 Å². The Labute approximate surface area is 148 Å². The van der Waals surface area contributed by atoms with Crippen LogP contribution >= 0.6 is 0 Å². The minimum Gasteiger partial charge on any atom is -0.497 e. The number of aliphatic hydroxyl groups is 1. The molecule has 1 unspecified atom stereocenters. The lowest BCUT2D eigenvalue weighted by Gasteiger charge is -2.27. The molecule has 0 saturated carbocycles. The van der Waals surface area contributed by atoms with E-state index in [-0.39, 0.29) is 12.6 Å². The number of nitrogens with zero attached hydrogens (tertiary/aromatic N) is 3. The summed E-state index contributed by atoms with van der Waals surface area (Å²) in [5.74, 6) is 0.817. The van der Waals surface area contributed by atoms with E-state index in [1.165, 1.54) is 5.56 Å². The number of ether oxygens (including phenoxy) is 1. The lowest BCUT2D eigenvalue weighted by molar-refractivity contribution is 0.142. The van der Waals surface area contributed by atoms with E-state index in [2.05, 4.69) is 34.3 Å². The van der Waals surface area contributed by atoms with E-state index >= 15 is 0 Å². The normalized spacial score (nSPS) is 12.3. The van der Waals surface area contributed by atoms with Gasteiger partial charge in [0.15, 0.2) is 0 Å². The number of aromatic nitrogens is 2. The predicted molar refractivity (Wildman–Crippen MR) is 97.9 cm³/mol. The van der Waals surface area contributed by atoms with E-state index in [1.54, 1.807) is 13.3 Å². The van der Waals surface area contributed by atoms with E-state index in [1.807, 2.05) is 48.3 Å². The Morgan fingerprint density at radius 2 is 1.84 bits per heavy atom. The van der Waals surface area contributed by atoms with Gasteiger partial charge in [-0.1, -0.05) is 24.3 Å². The third-order valence-corrected chi connectivity index (χ3v) is 4.34. The molecule has 0 aliphatic heterocycles. The van der Waals surface area contributed by atoms with Crippen LogP contribution in [0, 0.1) is 0 Å². The highest BCUT2D eigenvalue weighted by Gasteiger charge is 2.16. The molecule has 2 aromatic carbocycles. The molecular weight excluding hydrogens is 314 g/mol. The van der Waals surface area contributed by atoms with Crippen molar-refractivity contribution in [2.24, 2.45) is 0 Å². The average molecular weight is 337 g/mol. The largest absolute Gasteiger partial charge is 0.497 e. The summed E-state index contributed by atoms with van der Waals surface area (Å²) in [6, 6.07) is 18.0. The van der Waals surface area contributed by atoms with Crippen molar-refractivity contribution in [3.8, 4) is 11.4 Å². The highest BCUT2D eigenvalue weighted by molar-refractivity contribution is 5.34. The Morgan fingerprint density at radius 1 is 1.12 bits per heavy atom. The number of hydrogen-bond donors (Lipinski definition) is 1. The molecule has 1 atom stereocenters. The fourth-order valence-corrected chi connectivity index (χ4v) is 2.90. The van der Waals surface area contributed by atoms with Crippen LogP contribution in [0.2, 0.25) is 0 Å². The second-order valence-electron chi connectivity index (χ2n) is 6.00. The van der Waals surface area contributed by atoms with Crippen LogP contribution in [0.3, 0.4) is 0 Å². The monoisotopic (exact) mass is 337 g/mol. The number of rotatable bonds is 7. The van der Waals surface area contributed by atoms with Gasteiger partial charge in [-0.2, -0.15) is 5.10 Å². The molecule has 0 bridgehead atoms. The van der Waals surface area contributed by atoms with Crippen molar-refractivity contribution in [3.63, 3.8) is 0 Å². The van der Waals surface area contributed by atoms with Crippen molar-refractivity contribution in [2.75, 3.05) is 20.8 Å². The van der Waals surface area contributed by atoms with Crippen molar-refractivity contribution in [2.45, 2.75) is 12.6 Å². The van der Waals surface area contributed by atoms with Crippen molar-refractivity contribution in [3.05, 3.63) is 78.1 Å². The number of likely N-dealkylation sites (N-methyl/N-ethyl adjacent to an activating group) is 1. The zero-order valence-corrected chi connectivity index (χ0v) is 14.5. The fraction of sp³-hybridized carbons (Fsp3) is 0.250. The predicted octanol–water partition coefficient (Wildman–Crippen LogP) is 3.05. The first-order valence-corrected chi connectivity index (χ1v) is 8.25. The molecule has 130 valence electrons. The van der Waals surface area contributed by atoms with Gasteiger partial charge < -0.3 is 9.84 Å². The number of methoxy groups -OCH3 is 1. The lowest BCUT2D eigenvalue weighted by Crippen LogP contribution is -2.26. The Bertz CT molecular complexity index is 768. The first-order valence-electron chi connectivity index (χ1n) is 8.25. The van der Waals surface area contributed by atoms with Crippen molar-refractivity contribution >= 4 is 0 Å². The van der Waals surface area contributed by atoms with Gasteiger partial charge in [0.25, 0.3) is 0 Å². The standard InChI is InChI=1S/C20H23N3O2/c1-22(20(15-24)17-6-10-19(25-2)11-7-17)14-16-4-8-18(9-5-16)23-13-3-12-21-23/h3-13,20,24H,14-15H2,1-2H3. The van der Waals surface area contributed by atoms with Gasteiger partial charge in [-0.05, 0) is 48.5 Å². The van der Waals surface area contributed by atoms with Crippen LogP contribution in [0.25, 0.3) is 5.69 Å². The molecule has 1 heterocycles. The summed E-state index contributed by atoms with van der Waals surface area (Å²) in [7, 11) is 3.67. The topological polar surface area (TPSA) is 50.5 Å². The summed E-state index contributed by atoms with van der Waals surface area (Å²) in [6.45, 7) is 0.810. The molecule has 0 amide bonds. The van der Waals surface area contributed by atoms with E-state index in [0.29, 0.717) is 0 Å². The summed E-state index contributed by atoms with van der Waals surface area (Å²) in [5, 5.41) is 14.1. The van der Waals surface area contributed by atoms with Gasteiger partial charge in [-0.3, -0.25) is 4.90 Å². The first kappa shape index (κ1) is 17.2. The second-order valence-corrected chi connectivity index (χ2v) is 6.00. The molecule has 1 N–H and O–H groups in total. The lowest BCUT2D eigenvalue weighted by atomic mass is 10.1. The Balaban J connectivity index is 1.69. The number of benzene rings is 2. The fourth-order valence-electron chi connectivity index (χ4n) is 2.90. The highest BCUT2D eigenvalue weighted by Crippen LogP contribution is 2.23. The van der Waals surface area contributed by atoms with Crippen LogP contribution in [-0.2, 0) is 6.54 Å². The Morgan fingerprint density at radius 3 is 2.40 bits per heavy atom. The van der Waals surface area contributed by atoms with E-state index < -0.39 is 0 Å². The molecule has 0 radical (unpaired) electrons. The molecule has 5 nitrogen and oxygen atoms in total. The molecule has 25 heavy (non-hydrogen) atoms. The van der Waals surface area contributed by atoms with Gasteiger partial charge in [0.05, 0.1) is 25.4 Å². The van der Waals surface area contributed by atoms with Gasteiger partial charge in [0, 0.05) is 18.9 Å².